The number of alkyl halides is 3. The number of amides is 1. The van der Waals surface area contributed by atoms with E-state index in [-0.39, 0.29) is 11.3 Å². The van der Waals surface area contributed by atoms with Gasteiger partial charge in [-0.1, -0.05) is 18.2 Å². The first-order chi connectivity index (χ1) is 7.32. The Morgan fingerprint density at radius 3 is 2.44 bits per heavy atom. The van der Waals surface area contributed by atoms with Gasteiger partial charge in [0.15, 0.2) is 0 Å². The normalized spacial score (nSPS) is 13.2. The summed E-state index contributed by atoms with van der Waals surface area (Å²) in [6, 6.07) is 4.97. The summed E-state index contributed by atoms with van der Waals surface area (Å²) in [5.41, 5.74) is 0.236. The summed E-state index contributed by atoms with van der Waals surface area (Å²) in [6.45, 7) is 1.36. The summed E-state index contributed by atoms with van der Waals surface area (Å²) >= 11 is 0. The van der Waals surface area contributed by atoms with Crippen molar-refractivity contribution in [1.82, 2.24) is 5.32 Å². The third kappa shape index (κ3) is 2.88. The van der Waals surface area contributed by atoms with Gasteiger partial charge in [-0.05, 0) is 13.0 Å². The fraction of sp³-hybridized carbons (Fsp3) is 0.300. The first-order valence-electron chi connectivity index (χ1n) is 4.48. The Hall–Kier alpha value is -1.72. The van der Waals surface area contributed by atoms with Crippen molar-refractivity contribution in [3.05, 3.63) is 29.8 Å². The maximum Gasteiger partial charge on any atom is 0.471 e. The zero-order valence-corrected chi connectivity index (χ0v) is 8.38. The summed E-state index contributed by atoms with van der Waals surface area (Å²) in [7, 11) is 0. The van der Waals surface area contributed by atoms with Gasteiger partial charge in [-0.25, -0.2) is 0 Å². The van der Waals surface area contributed by atoms with Crippen LogP contribution in [0.2, 0.25) is 0 Å². The second-order valence-electron chi connectivity index (χ2n) is 3.25. The third-order valence-corrected chi connectivity index (χ3v) is 2.01. The molecule has 2 N–H and O–H groups in total. The Morgan fingerprint density at radius 2 is 1.94 bits per heavy atom. The average molecular weight is 233 g/mol. The molecular formula is C10H10F3NO2. The Labute approximate surface area is 89.9 Å². The second-order valence-corrected chi connectivity index (χ2v) is 3.25. The van der Waals surface area contributed by atoms with Crippen LogP contribution in [-0.2, 0) is 4.79 Å². The third-order valence-electron chi connectivity index (χ3n) is 2.01. The van der Waals surface area contributed by atoms with Crippen molar-refractivity contribution < 1.29 is 23.1 Å². The number of phenols is 1. The lowest BCUT2D eigenvalue weighted by Crippen LogP contribution is -2.38. The quantitative estimate of drug-likeness (QED) is 0.822. The monoisotopic (exact) mass is 233 g/mol. The largest absolute Gasteiger partial charge is 0.508 e. The van der Waals surface area contributed by atoms with Crippen LogP contribution in [0.3, 0.4) is 0 Å². The van der Waals surface area contributed by atoms with E-state index in [1.54, 1.807) is 11.4 Å². The van der Waals surface area contributed by atoms with Gasteiger partial charge < -0.3 is 10.4 Å². The van der Waals surface area contributed by atoms with Gasteiger partial charge >= 0.3 is 12.1 Å². The van der Waals surface area contributed by atoms with Crippen molar-refractivity contribution in [3.8, 4) is 5.75 Å². The minimum Gasteiger partial charge on any atom is -0.508 e. The molecule has 0 saturated carbocycles. The lowest BCUT2D eigenvalue weighted by molar-refractivity contribution is -0.174. The zero-order chi connectivity index (χ0) is 12.3. The van der Waals surface area contributed by atoms with E-state index in [0.717, 1.165) is 0 Å². The number of hydrogen-bond donors (Lipinski definition) is 2. The molecule has 1 amide bonds. The highest BCUT2D eigenvalue weighted by molar-refractivity contribution is 5.82. The van der Waals surface area contributed by atoms with Crippen LogP contribution in [0.15, 0.2) is 24.3 Å². The van der Waals surface area contributed by atoms with Gasteiger partial charge in [0.25, 0.3) is 0 Å². The van der Waals surface area contributed by atoms with Crippen LogP contribution in [0.1, 0.15) is 18.5 Å². The second kappa shape index (κ2) is 4.42. The van der Waals surface area contributed by atoms with Gasteiger partial charge in [0, 0.05) is 5.56 Å². The molecule has 0 aliphatic heterocycles. The molecule has 0 aliphatic carbocycles. The molecule has 1 unspecified atom stereocenters. The number of aromatic hydroxyl groups is 1. The number of hydrogen-bond acceptors (Lipinski definition) is 2. The molecule has 0 spiro atoms. The van der Waals surface area contributed by atoms with Crippen LogP contribution in [0, 0.1) is 0 Å². The zero-order valence-electron chi connectivity index (χ0n) is 8.38. The van der Waals surface area contributed by atoms with Crippen molar-refractivity contribution in [2.24, 2.45) is 0 Å². The first-order valence-corrected chi connectivity index (χ1v) is 4.48. The number of nitrogens with one attached hydrogen (secondary N) is 1. The molecule has 1 atom stereocenters. The SMILES string of the molecule is CC(NC(=O)C(F)(F)F)c1ccccc1O. The lowest BCUT2D eigenvalue weighted by atomic mass is 10.1. The molecule has 0 heterocycles. The Morgan fingerprint density at radius 1 is 1.38 bits per heavy atom. The number of carbonyl (C=O) groups is 1. The van der Waals surface area contributed by atoms with E-state index in [0.29, 0.717) is 0 Å². The minimum atomic E-state index is -4.92. The van der Waals surface area contributed by atoms with E-state index in [1.807, 2.05) is 0 Å². The molecular weight excluding hydrogens is 223 g/mol. The van der Waals surface area contributed by atoms with Crippen LogP contribution in [0.4, 0.5) is 13.2 Å². The minimum absolute atomic E-state index is 0.155. The van der Waals surface area contributed by atoms with Gasteiger partial charge in [0.2, 0.25) is 0 Å². The molecule has 0 aromatic heterocycles. The smallest absolute Gasteiger partial charge is 0.471 e. The van der Waals surface area contributed by atoms with E-state index < -0.39 is 18.1 Å². The molecule has 88 valence electrons. The predicted molar refractivity (Wildman–Crippen MR) is 50.7 cm³/mol. The number of carbonyl (C=O) groups excluding carboxylic acids is 1. The van der Waals surface area contributed by atoms with Crippen LogP contribution >= 0.6 is 0 Å². The van der Waals surface area contributed by atoms with Crippen molar-refractivity contribution in [3.63, 3.8) is 0 Å². The topological polar surface area (TPSA) is 49.3 Å². The maximum absolute atomic E-state index is 12.0. The van der Waals surface area contributed by atoms with E-state index in [2.05, 4.69) is 0 Å². The molecule has 0 aliphatic rings. The number of para-hydroxylation sites is 1. The van der Waals surface area contributed by atoms with Crippen molar-refractivity contribution in [2.75, 3.05) is 0 Å². The van der Waals surface area contributed by atoms with Gasteiger partial charge in [-0.3, -0.25) is 4.79 Å². The highest BCUT2D eigenvalue weighted by atomic mass is 19.4. The van der Waals surface area contributed by atoms with Gasteiger partial charge in [-0.15, -0.1) is 0 Å². The molecule has 0 bridgehead atoms. The molecule has 1 aromatic carbocycles. The molecule has 6 heteroatoms. The molecule has 0 saturated heterocycles. The Balaban J connectivity index is 2.78. The van der Waals surface area contributed by atoms with E-state index in [9.17, 15) is 23.1 Å². The predicted octanol–water partition coefficient (Wildman–Crippen LogP) is 2.13. The lowest BCUT2D eigenvalue weighted by Gasteiger charge is -2.16. The highest BCUT2D eigenvalue weighted by Crippen LogP contribution is 2.24. The molecule has 1 aromatic rings. The molecule has 0 fully saturated rings. The van der Waals surface area contributed by atoms with Crippen molar-refractivity contribution in [1.29, 1.82) is 0 Å². The molecule has 3 nitrogen and oxygen atoms in total. The van der Waals surface area contributed by atoms with E-state index >= 15 is 0 Å². The van der Waals surface area contributed by atoms with Crippen LogP contribution in [0.5, 0.6) is 5.75 Å². The molecule has 1 rings (SSSR count). The average Bonchev–Trinajstić information content (AvgIpc) is 2.16. The van der Waals surface area contributed by atoms with Crippen molar-refractivity contribution >= 4 is 5.91 Å². The van der Waals surface area contributed by atoms with Gasteiger partial charge in [0.1, 0.15) is 5.75 Å². The number of phenolic OH excluding ortho intramolecular Hbond substituents is 1. The Kier molecular flexibility index (Phi) is 3.41. The number of rotatable bonds is 2. The van der Waals surface area contributed by atoms with Gasteiger partial charge in [0.05, 0.1) is 6.04 Å². The standard InChI is InChI=1S/C10H10F3NO2/c1-6(14-9(16)10(11,12)13)7-4-2-3-5-8(7)15/h2-6,15H,1H3,(H,14,16). The number of halogens is 3. The fourth-order valence-corrected chi connectivity index (χ4v) is 1.21. The van der Waals surface area contributed by atoms with Crippen molar-refractivity contribution in [2.45, 2.75) is 19.1 Å². The summed E-state index contributed by atoms with van der Waals surface area (Å²) in [5.74, 6) is -2.18. The van der Waals surface area contributed by atoms with Crippen LogP contribution < -0.4 is 5.32 Å². The first kappa shape index (κ1) is 12.4. The van der Waals surface area contributed by atoms with E-state index in [1.165, 1.54) is 25.1 Å². The molecule has 0 radical (unpaired) electrons. The maximum atomic E-state index is 12.0. The van der Waals surface area contributed by atoms with Crippen LogP contribution in [-0.4, -0.2) is 17.2 Å². The number of benzene rings is 1. The summed E-state index contributed by atoms with van der Waals surface area (Å²) in [4.78, 5) is 10.6. The summed E-state index contributed by atoms with van der Waals surface area (Å²) in [5, 5.41) is 11.1. The van der Waals surface area contributed by atoms with Gasteiger partial charge in [-0.2, -0.15) is 13.2 Å². The fourth-order valence-electron chi connectivity index (χ4n) is 1.21. The Bertz CT molecular complexity index is 390. The highest BCUT2D eigenvalue weighted by Gasteiger charge is 2.39. The summed E-state index contributed by atoms with van der Waals surface area (Å²) in [6.07, 6.45) is -4.92. The summed E-state index contributed by atoms with van der Waals surface area (Å²) < 4.78 is 35.9. The van der Waals surface area contributed by atoms with E-state index in [4.69, 9.17) is 0 Å². The van der Waals surface area contributed by atoms with Crippen LogP contribution in [0.25, 0.3) is 0 Å². The molecule has 16 heavy (non-hydrogen) atoms.